The van der Waals surface area contributed by atoms with Crippen molar-refractivity contribution in [3.05, 3.63) is 25.0 Å². The van der Waals surface area contributed by atoms with E-state index in [0.717, 1.165) is 0 Å². The fourth-order valence-electron chi connectivity index (χ4n) is 0.974. The molecule has 0 aromatic rings. The predicted octanol–water partition coefficient (Wildman–Crippen LogP) is 2.02. The van der Waals surface area contributed by atoms with Crippen LogP contribution in [0, 0.1) is 0 Å². The zero-order valence-corrected chi connectivity index (χ0v) is 11.4. The van der Waals surface area contributed by atoms with Crippen LogP contribution in [0.3, 0.4) is 0 Å². The summed E-state index contributed by atoms with van der Waals surface area (Å²) in [5, 5.41) is 2.68. The van der Waals surface area contributed by atoms with Gasteiger partial charge in [0, 0.05) is 0 Å². The van der Waals surface area contributed by atoms with Crippen molar-refractivity contribution in [3.8, 4) is 0 Å². The van der Waals surface area contributed by atoms with E-state index in [9.17, 15) is 9.69 Å². The third-order valence-electron chi connectivity index (χ3n) is 1.59. The van der Waals surface area contributed by atoms with E-state index in [1.54, 1.807) is 26.8 Å². The van der Waals surface area contributed by atoms with Crippen LogP contribution in [0.4, 0.5) is 0 Å². The SMILES string of the molecule is C=CC[P+](O)(NCC(=O)OC(C)C)O/C=C/C. The summed E-state index contributed by atoms with van der Waals surface area (Å²) in [6.07, 6.45) is 4.66. The van der Waals surface area contributed by atoms with Gasteiger partial charge in [-0.05, 0) is 32.9 Å². The Kier molecular flexibility index (Phi) is 7.79. The van der Waals surface area contributed by atoms with Gasteiger partial charge in [0.1, 0.15) is 12.8 Å². The topological polar surface area (TPSA) is 67.8 Å². The van der Waals surface area contributed by atoms with Crippen molar-refractivity contribution in [2.75, 3.05) is 12.7 Å². The maximum atomic E-state index is 11.3. The average molecular weight is 262 g/mol. The van der Waals surface area contributed by atoms with Gasteiger partial charge in [0.25, 0.3) is 0 Å². The fourth-order valence-corrected chi connectivity index (χ4v) is 2.31. The van der Waals surface area contributed by atoms with Crippen LogP contribution >= 0.6 is 7.87 Å². The van der Waals surface area contributed by atoms with Gasteiger partial charge in [0.15, 0.2) is 6.16 Å². The van der Waals surface area contributed by atoms with Crippen molar-refractivity contribution in [1.82, 2.24) is 5.09 Å². The Morgan fingerprint density at radius 2 is 2.24 bits per heavy atom. The summed E-state index contributed by atoms with van der Waals surface area (Å²) < 4.78 is 10.1. The molecule has 1 unspecified atom stereocenters. The fraction of sp³-hybridized carbons (Fsp3) is 0.545. The number of carbonyl (C=O) groups excluding carboxylic acids is 1. The first-order valence-corrected chi connectivity index (χ1v) is 7.24. The molecule has 5 nitrogen and oxygen atoms in total. The predicted molar refractivity (Wildman–Crippen MR) is 69.3 cm³/mol. The average Bonchev–Trinajstić information content (AvgIpc) is 2.23. The molecule has 0 saturated heterocycles. The second-order valence-electron chi connectivity index (χ2n) is 3.62. The Balaban J connectivity index is 4.24. The lowest BCUT2D eigenvalue weighted by molar-refractivity contribution is -0.145. The van der Waals surface area contributed by atoms with E-state index in [-0.39, 0.29) is 18.8 Å². The van der Waals surface area contributed by atoms with E-state index in [1.807, 2.05) is 0 Å². The molecule has 0 aromatic heterocycles. The Labute approximate surface area is 103 Å². The minimum atomic E-state index is -2.84. The second-order valence-corrected chi connectivity index (χ2v) is 5.92. The molecule has 0 aliphatic rings. The third kappa shape index (κ3) is 7.91. The van der Waals surface area contributed by atoms with Crippen molar-refractivity contribution < 1.29 is 18.9 Å². The Morgan fingerprint density at radius 1 is 1.59 bits per heavy atom. The van der Waals surface area contributed by atoms with Gasteiger partial charge in [-0.2, -0.15) is 4.89 Å². The van der Waals surface area contributed by atoms with Crippen molar-refractivity contribution >= 4 is 13.8 Å². The maximum absolute atomic E-state index is 11.3. The quantitative estimate of drug-likeness (QED) is 0.303. The molecule has 1 atom stereocenters. The minimum absolute atomic E-state index is 0.0894. The van der Waals surface area contributed by atoms with Crippen molar-refractivity contribution in [2.45, 2.75) is 26.9 Å². The maximum Gasteiger partial charge on any atom is 0.394 e. The molecule has 0 amide bonds. The van der Waals surface area contributed by atoms with E-state index < -0.39 is 13.8 Å². The number of hydrogen-bond donors (Lipinski definition) is 2. The molecule has 17 heavy (non-hydrogen) atoms. The molecule has 0 rings (SSSR count). The van der Waals surface area contributed by atoms with Gasteiger partial charge >= 0.3 is 13.8 Å². The van der Waals surface area contributed by atoms with Gasteiger partial charge in [-0.3, -0.25) is 4.79 Å². The highest BCUT2D eigenvalue weighted by Crippen LogP contribution is 2.51. The summed E-state index contributed by atoms with van der Waals surface area (Å²) in [5.41, 5.74) is 0. The standard InChI is InChI=1S/C11H21NO4P/c1-5-7-15-17(14,8-6-2)12-9-11(13)16-10(3)4/h5-7,10,12,14H,2,8-9H2,1,3-4H3/q+1/b7-5+. The van der Waals surface area contributed by atoms with Gasteiger partial charge in [0.05, 0.1) is 6.10 Å². The van der Waals surface area contributed by atoms with Crippen LogP contribution in [0.15, 0.2) is 25.0 Å². The molecule has 98 valence electrons. The number of nitrogens with one attached hydrogen (secondary N) is 1. The number of ether oxygens (including phenoxy) is 1. The van der Waals surface area contributed by atoms with Crippen LogP contribution in [0.25, 0.3) is 0 Å². The molecule has 6 heteroatoms. The number of carbonyl (C=O) groups is 1. The van der Waals surface area contributed by atoms with E-state index in [0.29, 0.717) is 0 Å². The molecule has 0 heterocycles. The highest BCUT2D eigenvalue weighted by Gasteiger charge is 2.37. The van der Waals surface area contributed by atoms with E-state index in [1.165, 1.54) is 12.3 Å². The van der Waals surface area contributed by atoms with E-state index >= 15 is 0 Å². The third-order valence-corrected chi connectivity index (χ3v) is 3.46. The van der Waals surface area contributed by atoms with Gasteiger partial charge in [-0.15, -0.1) is 5.09 Å². The Morgan fingerprint density at radius 3 is 2.71 bits per heavy atom. The smallest absolute Gasteiger partial charge is 0.394 e. The monoisotopic (exact) mass is 262 g/mol. The van der Waals surface area contributed by atoms with Crippen LogP contribution in [0.2, 0.25) is 0 Å². The lowest BCUT2D eigenvalue weighted by Crippen LogP contribution is -2.28. The zero-order valence-electron chi connectivity index (χ0n) is 10.5. The highest BCUT2D eigenvalue weighted by atomic mass is 31.2. The van der Waals surface area contributed by atoms with Gasteiger partial charge in [-0.25, -0.2) is 0 Å². The largest absolute Gasteiger partial charge is 0.462 e. The summed E-state index contributed by atoms with van der Waals surface area (Å²) in [6, 6.07) is 0. The molecule has 0 spiro atoms. The second kappa shape index (κ2) is 8.23. The van der Waals surface area contributed by atoms with Crippen LogP contribution in [-0.2, 0) is 14.1 Å². The molecule has 0 bridgehead atoms. The molecule has 0 radical (unpaired) electrons. The molecule has 0 aromatic carbocycles. The van der Waals surface area contributed by atoms with Gasteiger partial charge < -0.3 is 9.26 Å². The summed E-state index contributed by atoms with van der Waals surface area (Å²) in [4.78, 5) is 21.4. The molecule has 0 fully saturated rings. The number of allylic oxidation sites excluding steroid dienone is 2. The molecular formula is C11H21NO4P+. The normalized spacial score (nSPS) is 14.6. The highest BCUT2D eigenvalue weighted by molar-refractivity contribution is 7.63. The molecule has 0 saturated carbocycles. The van der Waals surface area contributed by atoms with E-state index in [2.05, 4.69) is 11.7 Å². The first kappa shape index (κ1) is 16.1. The summed E-state index contributed by atoms with van der Waals surface area (Å²) in [7, 11) is -2.84. The molecular weight excluding hydrogens is 241 g/mol. The van der Waals surface area contributed by atoms with Crippen LogP contribution in [0.5, 0.6) is 0 Å². The lowest BCUT2D eigenvalue weighted by Gasteiger charge is -2.16. The summed E-state index contributed by atoms with van der Waals surface area (Å²) in [5.74, 6) is -0.424. The Bertz CT molecular complexity index is 281. The number of esters is 1. The van der Waals surface area contributed by atoms with Crippen molar-refractivity contribution in [2.24, 2.45) is 0 Å². The van der Waals surface area contributed by atoms with Crippen molar-refractivity contribution in [3.63, 3.8) is 0 Å². The zero-order chi connectivity index (χ0) is 13.3. The van der Waals surface area contributed by atoms with Crippen LogP contribution in [-0.4, -0.2) is 29.7 Å². The van der Waals surface area contributed by atoms with Crippen LogP contribution in [0.1, 0.15) is 20.8 Å². The van der Waals surface area contributed by atoms with E-state index in [4.69, 9.17) is 9.26 Å². The number of hydrogen-bond acceptors (Lipinski definition) is 5. The molecule has 2 N–H and O–H groups in total. The summed E-state index contributed by atoms with van der Waals surface area (Å²) >= 11 is 0. The first-order chi connectivity index (χ1) is 7.93. The van der Waals surface area contributed by atoms with Crippen molar-refractivity contribution in [1.29, 1.82) is 0 Å². The minimum Gasteiger partial charge on any atom is -0.462 e. The van der Waals surface area contributed by atoms with Gasteiger partial charge in [0.2, 0.25) is 0 Å². The first-order valence-electron chi connectivity index (χ1n) is 5.39. The number of rotatable bonds is 8. The summed E-state index contributed by atoms with van der Waals surface area (Å²) in [6.45, 7) is 8.74. The Hall–Kier alpha value is -0.900. The molecule has 0 aliphatic carbocycles. The van der Waals surface area contributed by atoms with Crippen LogP contribution < -0.4 is 5.09 Å². The van der Waals surface area contributed by atoms with Gasteiger partial charge in [-0.1, -0.05) is 6.58 Å². The molecule has 0 aliphatic heterocycles. The lowest BCUT2D eigenvalue weighted by atomic mass is 10.5.